The topological polar surface area (TPSA) is 68.3 Å². The number of benzene rings is 1. The van der Waals surface area contributed by atoms with Gasteiger partial charge >= 0.3 is 6.18 Å². The molecule has 0 amide bonds. The molecule has 2 heterocycles. The Balaban J connectivity index is 2.07. The first-order valence-electron chi connectivity index (χ1n) is 7.01. The highest BCUT2D eigenvalue weighted by Crippen LogP contribution is 2.35. The number of rotatable bonds is 3. The lowest BCUT2D eigenvalue weighted by Gasteiger charge is -2.30. The number of ketones is 1. The first-order valence-corrected chi connectivity index (χ1v) is 7.01. The van der Waals surface area contributed by atoms with Crippen molar-refractivity contribution in [3.05, 3.63) is 53.7 Å². The average Bonchev–Trinajstić information content (AvgIpc) is 3.08. The van der Waals surface area contributed by atoms with Gasteiger partial charge in [-0.05, 0) is 24.6 Å². The normalized spacial score (nSPS) is 20.8. The monoisotopic (exact) mass is 335 g/mol. The molecule has 1 atom stereocenters. The molecule has 2 aromatic rings. The third-order valence-corrected chi connectivity index (χ3v) is 3.95. The number of aromatic nitrogens is 2. The molecule has 0 saturated carbocycles. The van der Waals surface area contributed by atoms with E-state index in [0.29, 0.717) is 11.1 Å². The predicted molar refractivity (Wildman–Crippen MR) is 79.4 cm³/mol. The maximum atomic E-state index is 12.7. The van der Waals surface area contributed by atoms with Crippen LogP contribution in [0.3, 0.4) is 0 Å². The number of allylic oxidation sites excluding steroid dienone is 1. The number of carbonyl (C=O) groups excluding carboxylic acids is 1. The van der Waals surface area contributed by atoms with Crippen molar-refractivity contribution in [1.29, 1.82) is 0 Å². The van der Waals surface area contributed by atoms with Crippen LogP contribution in [0.1, 0.15) is 23.9 Å². The number of aliphatic imine (C=N–C) groups is 1. The Bertz CT molecular complexity index is 808. The highest BCUT2D eigenvalue weighted by atomic mass is 19.4. The van der Waals surface area contributed by atoms with Gasteiger partial charge in [-0.25, -0.2) is 0 Å². The van der Waals surface area contributed by atoms with Gasteiger partial charge in [-0.15, -0.1) is 0 Å². The summed E-state index contributed by atoms with van der Waals surface area (Å²) in [5.41, 5.74) is -1.02. The number of dihydropyridines is 1. The molecule has 0 saturated heterocycles. The lowest BCUT2D eigenvalue weighted by molar-refractivity contribution is -0.137. The third kappa shape index (κ3) is 2.75. The molecule has 8 heteroatoms. The second-order valence-corrected chi connectivity index (χ2v) is 5.43. The van der Waals surface area contributed by atoms with Crippen LogP contribution in [0.15, 0.2) is 46.3 Å². The minimum absolute atomic E-state index is 0.106. The molecule has 0 radical (unpaired) electrons. The zero-order valence-corrected chi connectivity index (χ0v) is 12.5. The van der Waals surface area contributed by atoms with E-state index < -0.39 is 17.2 Å². The minimum atomic E-state index is -4.43. The van der Waals surface area contributed by atoms with Crippen molar-refractivity contribution < 1.29 is 22.5 Å². The van der Waals surface area contributed by atoms with Gasteiger partial charge in [-0.1, -0.05) is 23.4 Å². The molecule has 0 spiro atoms. The summed E-state index contributed by atoms with van der Waals surface area (Å²) >= 11 is 0. The van der Waals surface area contributed by atoms with E-state index in [9.17, 15) is 18.0 Å². The second kappa shape index (κ2) is 5.70. The van der Waals surface area contributed by atoms with Crippen LogP contribution in [0, 0.1) is 0 Å². The van der Waals surface area contributed by atoms with Crippen LogP contribution in [-0.4, -0.2) is 28.7 Å². The number of carbonyl (C=O) groups is 1. The van der Waals surface area contributed by atoms with Crippen LogP contribution < -0.4 is 0 Å². The summed E-state index contributed by atoms with van der Waals surface area (Å²) in [6.07, 6.45) is -0.156. The van der Waals surface area contributed by atoms with E-state index in [1.807, 2.05) is 0 Å². The van der Waals surface area contributed by atoms with E-state index in [-0.39, 0.29) is 18.2 Å². The molecule has 1 aliphatic rings. The van der Waals surface area contributed by atoms with Gasteiger partial charge in [0, 0.05) is 11.8 Å². The first kappa shape index (κ1) is 16.1. The summed E-state index contributed by atoms with van der Waals surface area (Å²) in [7, 11) is 0. The highest BCUT2D eigenvalue weighted by Gasteiger charge is 2.38. The summed E-state index contributed by atoms with van der Waals surface area (Å²) in [4.78, 5) is 20.4. The summed E-state index contributed by atoms with van der Waals surface area (Å²) in [6, 6.07) is 4.52. The van der Waals surface area contributed by atoms with Crippen molar-refractivity contribution >= 4 is 17.6 Å². The van der Waals surface area contributed by atoms with Crippen molar-refractivity contribution in [2.24, 2.45) is 4.99 Å². The molecule has 3 rings (SSSR count). The van der Waals surface area contributed by atoms with E-state index >= 15 is 0 Å². The molecular formula is C16H12F3N3O2. The van der Waals surface area contributed by atoms with Gasteiger partial charge in [0.2, 0.25) is 12.2 Å². The number of nitrogens with zero attached hydrogens (tertiary/aromatic N) is 3. The summed E-state index contributed by atoms with van der Waals surface area (Å²) in [5.74, 6) is 0.0242. The van der Waals surface area contributed by atoms with E-state index in [1.165, 1.54) is 25.3 Å². The van der Waals surface area contributed by atoms with Gasteiger partial charge < -0.3 is 4.52 Å². The van der Waals surface area contributed by atoms with Crippen LogP contribution in [-0.2, 0) is 16.4 Å². The molecule has 24 heavy (non-hydrogen) atoms. The van der Waals surface area contributed by atoms with Gasteiger partial charge in [0.25, 0.3) is 0 Å². The number of hydrogen-bond acceptors (Lipinski definition) is 5. The predicted octanol–water partition coefficient (Wildman–Crippen LogP) is 3.08. The lowest BCUT2D eigenvalue weighted by atomic mass is 9.74. The summed E-state index contributed by atoms with van der Waals surface area (Å²) in [5, 5.41) is 3.70. The van der Waals surface area contributed by atoms with Crippen molar-refractivity contribution in [3.63, 3.8) is 0 Å². The van der Waals surface area contributed by atoms with Gasteiger partial charge in [-0.3, -0.25) is 9.79 Å². The van der Waals surface area contributed by atoms with Crippen molar-refractivity contribution in [2.45, 2.75) is 18.5 Å². The molecule has 1 unspecified atom stereocenters. The smallest absolute Gasteiger partial charge is 0.342 e. The van der Waals surface area contributed by atoms with Crippen LogP contribution in [0.2, 0.25) is 0 Å². The van der Waals surface area contributed by atoms with E-state index in [1.54, 1.807) is 6.08 Å². The molecule has 5 nitrogen and oxygen atoms in total. The Labute approximate surface area is 134 Å². The molecule has 0 fully saturated rings. The standard InChI is InChI=1S/C16H12F3N3O2/c1-10(23)15(12-2-4-13(5-3-12)16(17,18)19)6-11(7-20-8-15)14-21-9-24-22-14/h2-7,9H,8H2,1H3. The van der Waals surface area contributed by atoms with Crippen molar-refractivity contribution in [3.8, 4) is 0 Å². The maximum Gasteiger partial charge on any atom is 0.416 e. The van der Waals surface area contributed by atoms with E-state index in [4.69, 9.17) is 0 Å². The molecule has 1 aromatic heterocycles. The minimum Gasteiger partial charge on any atom is -0.342 e. The fourth-order valence-corrected chi connectivity index (χ4v) is 2.60. The van der Waals surface area contributed by atoms with Crippen LogP contribution in [0.25, 0.3) is 5.57 Å². The number of halogens is 3. The van der Waals surface area contributed by atoms with Crippen LogP contribution in [0.4, 0.5) is 13.2 Å². The summed E-state index contributed by atoms with van der Waals surface area (Å²) < 4.78 is 42.9. The first-order chi connectivity index (χ1) is 11.3. The Morgan fingerprint density at radius 3 is 2.50 bits per heavy atom. The van der Waals surface area contributed by atoms with Crippen molar-refractivity contribution in [1.82, 2.24) is 10.1 Å². The van der Waals surface area contributed by atoms with Gasteiger partial charge in [0.1, 0.15) is 5.78 Å². The number of hydrogen-bond donors (Lipinski definition) is 0. The third-order valence-electron chi connectivity index (χ3n) is 3.95. The Kier molecular flexibility index (Phi) is 3.82. The molecule has 0 aliphatic carbocycles. The lowest BCUT2D eigenvalue weighted by Crippen LogP contribution is -2.37. The van der Waals surface area contributed by atoms with Gasteiger partial charge in [0.05, 0.1) is 17.5 Å². The van der Waals surface area contributed by atoms with Gasteiger partial charge in [-0.2, -0.15) is 18.2 Å². The van der Waals surface area contributed by atoms with Gasteiger partial charge in [0.15, 0.2) is 0 Å². The molecule has 1 aromatic carbocycles. The van der Waals surface area contributed by atoms with Crippen molar-refractivity contribution in [2.75, 3.05) is 6.54 Å². The van der Waals surface area contributed by atoms with Crippen LogP contribution >= 0.6 is 0 Å². The molecule has 0 bridgehead atoms. The fraction of sp³-hybridized carbons (Fsp3) is 0.250. The highest BCUT2D eigenvalue weighted by molar-refractivity contribution is 6.11. The quantitative estimate of drug-likeness (QED) is 0.864. The Morgan fingerprint density at radius 1 is 1.25 bits per heavy atom. The summed E-state index contributed by atoms with van der Waals surface area (Å²) in [6.45, 7) is 1.48. The molecular weight excluding hydrogens is 323 g/mol. The molecule has 1 aliphatic heterocycles. The molecule has 124 valence electrons. The second-order valence-electron chi connectivity index (χ2n) is 5.43. The zero-order valence-electron chi connectivity index (χ0n) is 12.5. The van der Waals surface area contributed by atoms with E-state index in [0.717, 1.165) is 18.5 Å². The SMILES string of the molecule is CC(=O)C1(c2ccc(C(F)(F)F)cc2)C=C(c2ncon2)C=NC1. The van der Waals surface area contributed by atoms with E-state index in [2.05, 4.69) is 19.7 Å². The number of Topliss-reactive ketones (excluding diaryl/α,β-unsaturated/α-hetero) is 1. The Morgan fingerprint density at radius 2 is 1.96 bits per heavy atom. The Hall–Kier alpha value is -2.77. The zero-order chi connectivity index (χ0) is 17.4. The fourth-order valence-electron chi connectivity index (χ4n) is 2.60. The largest absolute Gasteiger partial charge is 0.416 e. The number of alkyl halides is 3. The van der Waals surface area contributed by atoms with Crippen LogP contribution in [0.5, 0.6) is 0 Å². The molecule has 0 N–H and O–H groups in total. The average molecular weight is 335 g/mol. The maximum absolute atomic E-state index is 12.7.